The molecule has 1 aromatic heterocycles. The Labute approximate surface area is 198 Å². The van der Waals surface area contributed by atoms with Gasteiger partial charge in [-0.15, -0.1) is 0 Å². The van der Waals surface area contributed by atoms with Gasteiger partial charge in [0.15, 0.2) is 11.6 Å². The fourth-order valence-electron chi connectivity index (χ4n) is 3.13. The van der Waals surface area contributed by atoms with E-state index < -0.39 is 11.8 Å². The molecule has 0 aliphatic carbocycles. The third kappa shape index (κ3) is 5.47. The second-order valence-electron chi connectivity index (χ2n) is 7.26. The summed E-state index contributed by atoms with van der Waals surface area (Å²) in [4.78, 5) is 20.0. The minimum absolute atomic E-state index is 0.00902. The van der Waals surface area contributed by atoms with Crippen LogP contribution in [0.2, 0.25) is 0 Å². The van der Waals surface area contributed by atoms with E-state index in [4.69, 9.17) is 0 Å². The minimum Gasteiger partial charge on any atom is -0.508 e. The fraction of sp³-hybridized carbons (Fsp3) is 0.0417. The highest BCUT2D eigenvalue weighted by Gasteiger charge is 2.18. The van der Waals surface area contributed by atoms with Gasteiger partial charge in [0, 0.05) is 35.3 Å². The highest BCUT2D eigenvalue weighted by molar-refractivity contribution is 5.93. The molecular weight excluding hydrogens is 457 g/mol. The molecule has 0 radical (unpaired) electrons. The maximum Gasteiger partial charge on any atom is 0.341 e. The largest absolute Gasteiger partial charge is 0.508 e. The summed E-state index contributed by atoms with van der Waals surface area (Å²) in [6.45, 7) is 0. The summed E-state index contributed by atoms with van der Waals surface area (Å²) < 4.78 is 20.0. The van der Waals surface area contributed by atoms with Gasteiger partial charge in [0.05, 0.1) is 7.11 Å². The second-order valence-corrected chi connectivity index (χ2v) is 7.26. The molecule has 11 heteroatoms. The molecule has 0 amide bonds. The molecular formula is C24H20FN5O5. The van der Waals surface area contributed by atoms with E-state index in [1.807, 2.05) is 0 Å². The predicted octanol–water partition coefficient (Wildman–Crippen LogP) is 4.75. The molecule has 4 rings (SSSR count). The Morgan fingerprint density at radius 2 is 1.34 bits per heavy atom. The number of nitrogens with zero attached hydrogens (tertiary/aromatic N) is 2. The van der Waals surface area contributed by atoms with Gasteiger partial charge in [-0.05, 0) is 36.4 Å². The van der Waals surface area contributed by atoms with Gasteiger partial charge in [-0.25, -0.2) is 4.79 Å². The number of benzene rings is 3. The van der Waals surface area contributed by atoms with Crippen molar-refractivity contribution in [1.29, 1.82) is 0 Å². The number of hydrogen-bond donors (Lipinski definition) is 6. The third-order valence-corrected chi connectivity index (χ3v) is 4.73. The topological polar surface area (TPSA) is 149 Å². The first-order valence-corrected chi connectivity index (χ1v) is 10.2. The maximum atomic E-state index is 15.4. The summed E-state index contributed by atoms with van der Waals surface area (Å²) in [7, 11) is 1.19. The molecule has 3 aromatic carbocycles. The highest BCUT2D eigenvalue weighted by Crippen LogP contribution is 2.31. The molecule has 178 valence electrons. The Morgan fingerprint density at radius 1 is 0.800 bits per heavy atom. The van der Waals surface area contributed by atoms with E-state index >= 15 is 4.39 Å². The molecule has 4 aromatic rings. The Bertz CT molecular complexity index is 1400. The molecule has 35 heavy (non-hydrogen) atoms. The van der Waals surface area contributed by atoms with Crippen molar-refractivity contribution in [3.63, 3.8) is 0 Å². The van der Waals surface area contributed by atoms with Crippen molar-refractivity contribution in [1.82, 2.24) is 9.97 Å². The normalized spacial score (nSPS) is 10.5. The Hall–Kier alpha value is -5.06. The number of aromatic hydroxyl groups is 3. The predicted molar refractivity (Wildman–Crippen MR) is 127 cm³/mol. The van der Waals surface area contributed by atoms with Crippen molar-refractivity contribution in [2.75, 3.05) is 23.1 Å². The average Bonchev–Trinajstić information content (AvgIpc) is 2.82. The molecule has 0 unspecified atom stereocenters. The molecule has 1 heterocycles. The molecule has 0 fully saturated rings. The minimum atomic E-state index is -0.855. The number of phenolic OH excluding ortho intramolecular Hbond substituents is 3. The van der Waals surface area contributed by atoms with Crippen LogP contribution in [0.15, 0.2) is 66.7 Å². The molecule has 10 nitrogen and oxygen atoms in total. The lowest BCUT2D eigenvalue weighted by Gasteiger charge is -2.15. The monoisotopic (exact) mass is 477 g/mol. The highest BCUT2D eigenvalue weighted by atomic mass is 19.1. The number of carbonyl (C=O) groups is 1. The molecule has 6 N–H and O–H groups in total. The first kappa shape index (κ1) is 23.1. The number of methoxy groups -OCH3 is 1. The zero-order valence-corrected chi connectivity index (χ0v) is 18.3. The van der Waals surface area contributed by atoms with E-state index in [0.29, 0.717) is 11.4 Å². The van der Waals surface area contributed by atoms with Crippen LogP contribution in [0.3, 0.4) is 0 Å². The summed E-state index contributed by atoms with van der Waals surface area (Å²) >= 11 is 0. The lowest BCUT2D eigenvalue weighted by molar-refractivity contribution is 0.0597. The van der Waals surface area contributed by atoms with E-state index in [-0.39, 0.29) is 46.1 Å². The van der Waals surface area contributed by atoms with Crippen LogP contribution >= 0.6 is 0 Å². The summed E-state index contributed by atoms with van der Waals surface area (Å²) in [5.74, 6) is -2.45. The molecule has 0 aliphatic rings. The number of halogens is 1. The van der Waals surface area contributed by atoms with Crippen molar-refractivity contribution < 1.29 is 29.2 Å². The van der Waals surface area contributed by atoms with E-state index in [0.717, 1.165) is 0 Å². The van der Waals surface area contributed by atoms with E-state index in [2.05, 4.69) is 30.7 Å². The van der Waals surface area contributed by atoms with Crippen molar-refractivity contribution >= 4 is 40.6 Å². The van der Waals surface area contributed by atoms with Gasteiger partial charge in [-0.3, -0.25) is 0 Å². The van der Waals surface area contributed by atoms with E-state index in [1.54, 1.807) is 24.3 Å². The summed E-state index contributed by atoms with van der Waals surface area (Å²) in [5, 5.41) is 38.0. The number of anilines is 6. The SMILES string of the molecule is COC(=O)c1ccc(Nc2nc(Nc3cccc(O)c3)nc(Nc3cccc(O)c3)c2F)cc1O. The van der Waals surface area contributed by atoms with Crippen LogP contribution in [0.25, 0.3) is 0 Å². The van der Waals surface area contributed by atoms with Gasteiger partial charge in [0.1, 0.15) is 22.8 Å². The Balaban J connectivity index is 1.71. The molecule has 0 spiro atoms. The fourth-order valence-corrected chi connectivity index (χ4v) is 3.13. The first-order chi connectivity index (χ1) is 16.8. The number of rotatable bonds is 7. The third-order valence-electron chi connectivity index (χ3n) is 4.73. The summed E-state index contributed by atoms with van der Waals surface area (Å²) in [6, 6.07) is 16.2. The van der Waals surface area contributed by atoms with Gasteiger partial charge >= 0.3 is 5.97 Å². The van der Waals surface area contributed by atoms with Crippen molar-refractivity contribution in [3.8, 4) is 17.2 Å². The molecule has 0 saturated carbocycles. The number of nitrogens with one attached hydrogen (secondary N) is 3. The maximum absolute atomic E-state index is 15.4. The number of ether oxygens (including phenoxy) is 1. The van der Waals surface area contributed by atoms with Crippen LogP contribution in [0.5, 0.6) is 17.2 Å². The first-order valence-electron chi connectivity index (χ1n) is 10.2. The van der Waals surface area contributed by atoms with Crippen LogP contribution in [-0.2, 0) is 4.74 Å². The average molecular weight is 477 g/mol. The quantitative estimate of drug-likeness (QED) is 0.206. The van der Waals surface area contributed by atoms with Gasteiger partial charge in [-0.2, -0.15) is 14.4 Å². The molecule has 0 aliphatic heterocycles. The summed E-state index contributed by atoms with van der Waals surface area (Å²) in [6.07, 6.45) is 0. The lowest BCUT2D eigenvalue weighted by Crippen LogP contribution is -2.08. The van der Waals surface area contributed by atoms with Crippen LogP contribution in [0, 0.1) is 5.82 Å². The Kier molecular flexibility index (Phi) is 6.49. The van der Waals surface area contributed by atoms with E-state index in [1.165, 1.54) is 49.6 Å². The van der Waals surface area contributed by atoms with Gasteiger partial charge < -0.3 is 36.0 Å². The molecule has 0 atom stereocenters. The van der Waals surface area contributed by atoms with Crippen molar-refractivity contribution in [3.05, 3.63) is 78.1 Å². The van der Waals surface area contributed by atoms with Crippen LogP contribution in [0.1, 0.15) is 10.4 Å². The van der Waals surface area contributed by atoms with E-state index in [9.17, 15) is 20.1 Å². The number of esters is 1. The molecule has 0 saturated heterocycles. The van der Waals surface area contributed by atoms with Gasteiger partial charge in [0.2, 0.25) is 11.8 Å². The van der Waals surface area contributed by atoms with Crippen molar-refractivity contribution in [2.24, 2.45) is 0 Å². The number of phenols is 3. The van der Waals surface area contributed by atoms with Crippen LogP contribution in [0.4, 0.5) is 39.0 Å². The van der Waals surface area contributed by atoms with Crippen LogP contribution in [-0.4, -0.2) is 38.4 Å². The summed E-state index contributed by atoms with van der Waals surface area (Å²) in [5.41, 5.74) is 1.00. The number of aromatic nitrogens is 2. The van der Waals surface area contributed by atoms with Gasteiger partial charge in [-0.1, -0.05) is 12.1 Å². The second kappa shape index (κ2) is 9.83. The number of hydrogen-bond acceptors (Lipinski definition) is 10. The standard InChI is InChI=1S/C24H20FN5O5/c1-35-23(34)18-9-8-15(12-19(18)33)27-22-20(25)21(26-13-4-2-6-16(31)10-13)29-24(30-22)28-14-5-3-7-17(32)11-14/h2-12,31-33H,1H3,(H3,26,27,28,29,30). The van der Waals surface area contributed by atoms with Gasteiger partial charge in [0.25, 0.3) is 0 Å². The zero-order chi connectivity index (χ0) is 24.9. The Morgan fingerprint density at radius 3 is 1.86 bits per heavy atom. The van der Waals surface area contributed by atoms with Crippen molar-refractivity contribution in [2.45, 2.75) is 0 Å². The molecule has 0 bridgehead atoms. The lowest BCUT2D eigenvalue weighted by atomic mass is 10.2. The number of carbonyl (C=O) groups excluding carboxylic acids is 1. The zero-order valence-electron chi connectivity index (χ0n) is 18.3. The smallest absolute Gasteiger partial charge is 0.341 e. The van der Waals surface area contributed by atoms with Crippen LogP contribution < -0.4 is 16.0 Å².